The largest absolute Gasteiger partial charge is 0.487 e. The number of carbonyl (C=O) groups is 1. The molecule has 1 unspecified atom stereocenters. The highest BCUT2D eigenvalue weighted by Crippen LogP contribution is 2.31. The van der Waals surface area contributed by atoms with Gasteiger partial charge in [-0.25, -0.2) is 8.78 Å². The van der Waals surface area contributed by atoms with Crippen molar-refractivity contribution in [2.75, 3.05) is 32.7 Å². The van der Waals surface area contributed by atoms with Gasteiger partial charge < -0.3 is 14.5 Å². The van der Waals surface area contributed by atoms with Crippen molar-refractivity contribution in [1.29, 1.82) is 0 Å². The zero-order chi connectivity index (χ0) is 21.0. The number of allylic oxidation sites excluding steroid dienone is 3. The fourth-order valence-corrected chi connectivity index (χ4v) is 4.50. The van der Waals surface area contributed by atoms with Gasteiger partial charge in [0.25, 0.3) is 0 Å². The lowest BCUT2D eigenvalue weighted by molar-refractivity contribution is -0.139. The number of nitrogens with zero attached hydrogens (tertiary/aromatic N) is 2. The van der Waals surface area contributed by atoms with Gasteiger partial charge in [0.2, 0.25) is 5.91 Å². The van der Waals surface area contributed by atoms with E-state index >= 15 is 0 Å². The lowest BCUT2D eigenvalue weighted by Crippen LogP contribution is -2.46. The Balaban J connectivity index is 1.42. The van der Waals surface area contributed by atoms with Crippen molar-refractivity contribution in [3.05, 3.63) is 23.2 Å². The molecule has 2 fully saturated rings. The van der Waals surface area contributed by atoms with E-state index < -0.39 is 12.0 Å². The molecule has 3 rings (SSSR count). The summed E-state index contributed by atoms with van der Waals surface area (Å²) in [5.74, 6) is 0.824. The topological polar surface area (TPSA) is 32.8 Å². The highest BCUT2D eigenvalue weighted by Gasteiger charge is 2.32. The quantitative estimate of drug-likeness (QED) is 0.640. The molecule has 0 saturated carbocycles. The predicted molar refractivity (Wildman–Crippen MR) is 111 cm³/mol. The highest BCUT2D eigenvalue weighted by atomic mass is 19.1. The minimum absolute atomic E-state index is 0.114. The SMILES string of the molecule is CC1=CC(F)CC(F)=C1OC1CCN(C(=O)C2CCN(CCC(C)C)CC2)CC1. The number of piperidine rings is 2. The second kappa shape index (κ2) is 10.1. The summed E-state index contributed by atoms with van der Waals surface area (Å²) in [7, 11) is 0. The van der Waals surface area contributed by atoms with Gasteiger partial charge in [0.15, 0.2) is 5.76 Å². The smallest absolute Gasteiger partial charge is 0.225 e. The maximum absolute atomic E-state index is 14.1. The van der Waals surface area contributed by atoms with Crippen molar-refractivity contribution in [3.63, 3.8) is 0 Å². The predicted octanol–water partition coefficient (Wildman–Crippen LogP) is 4.62. The van der Waals surface area contributed by atoms with Crippen molar-refractivity contribution in [2.24, 2.45) is 11.8 Å². The minimum atomic E-state index is -1.27. The van der Waals surface area contributed by atoms with Gasteiger partial charge in [-0.3, -0.25) is 4.79 Å². The van der Waals surface area contributed by atoms with E-state index in [1.54, 1.807) is 6.92 Å². The summed E-state index contributed by atoms with van der Waals surface area (Å²) in [4.78, 5) is 17.3. The van der Waals surface area contributed by atoms with Crippen LogP contribution in [0.5, 0.6) is 0 Å². The lowest BCUT2D eigenvalue weighted by Gasteiger charge is -2.37. The van der Waals surface area contributed by atoms with Gasteiger partial charge in [-0.05, 0) is 63.4 Å². The van der Waals surface area contributed by atoms with Gasteiger partial charge >= 0.3 is 0 Å². The summed E-state index contributed by atoms with van der Waals surface area (Å²) in [5, 5.41) is 0. The zero-order valence-corrected chi connectivity index (χ0v) is 18.1. The number of alkyl halides is 1. The Morgan fingerprint density at radius 3 is 2.41 bits per heavy atom. The molecule has 2 aliphatic heterocycles. The normalized spacial score (nSPS) is 25.5. The monoisotopic (exact) mass is 410 g/mol. The molecule has 0 aromatic carbocycles. The molecule has 0 spiro atoms. The molecule has 0 aromatic heterocycles. The first kappa shape index (κ1) is 22.3. The van der Waals surface area contributed by atoms with Gasteiger partial charge in [0.1, 0.15) is 18.1 Å². The summed E-state index contributed by atoms with van der Waals surface area (Å²) in [6, 6.07) is 0. The zero-order valence-electron chi connectivity index (χ0n) is 18.1. The van der Waals surface area contributed by atoms with E-state index in [1.807, 2.05) is 4.90 Å². The van der Waals surface area contributed by atoms with Crippen LogP contribution in [0.3, 0.4) is 0 Å². The third kappa shape index (κ3) is 6.03. The first-order valence-electron chi connectivity index (χ1n) is 11.2. The molecule has 0 aromatic rings. The molecule has 29 heavy (non-hydrogen) atoms. The van der Waals surface area contributed by atoms with Crippen LogP contribution in [0.2, 0.25) is 0 Å². The maximum atomic E-state index is 14.1. The van der Waals surface area contributed by atoms with E-state index in [9.17, 15) is 13.6 Å². The Morgan fingerprint density at radius 1 is 1.17 bits per heavy atom. The molecule has 1 atom stereocenters. The van der Waals surface area contributed by atoms with Gasteiger partial charge in [-0.1, -0.05) is 13.8 Å². The van der Waals surface area contributed by atoms with Crippen LogP contribution >= 0.6 is 0 Å². The number of ether oxygens (including phenoxy) is 1. The summed E-state index contributed by atoms with van der Waals surface area (Å²) in [6.07, 6.45) is 4.30. The Labute approximate surface area is 173 Å². The molecular weight excluding hydrogens is 374 g/mol. The summed E-state index contributed by atoms with van der Waals surface area (Å²) in [6.45, 7) is 10.6. The number of amides is 1. The summed E-state index contributed by atoms with van der Waals surface area (Å²) < 4.78 is 33.4. The van der Waals surface area contributed by atoms with Gasteiger partial charge in [0.05, 0.1) is 0 Å². The molecular formula is C23H36F2N2O2. The number of carbonyl (C=O) groups excluding carboxylic acids is 1. The molecule has 2 saturated heterocycles. The van der Waals surface area contributed by atoms with Gasteiger partial charge in [0, 0.05) is 38.3 Å². The molecule has 0 bridgehead atoms. The van der Waals surface area contributed by atoms with E-state index in [2.05, 4.69) is 18.7 Å². The van der Waals surface area contributed by atoms with E-state index in [1.165, 1.54) is 12.5 Å². The van der Waals surface area contributed by atoms with Crippen molar-refractivity contribution in [2.45, 2.75) is 71.6 Å². The summed E-state index contributed by atoms with van der Waals surface area (Å²) in [5.41, 5.74) is 0.531. The second-order valence-electron chi connectivity index (χ2n) is 9.24. The lowest BCUT2D eigenvalue weighted by atomic mass is 9.93. The standard InChI is InChI=1S/C23H36F2N2O2/c1-16(2)4-9-26-10-5-18(6-11-26)23(28)27-12-7-20(8-13-27)29-22-17(3)14-19(24)15-21(22)25/h14,16,18-20H,4-13,15H2,1-3H3. The van der Waals surface area contributed by atoms with Crippen molar-refractivity contribution < 1.29 is 18.3 Å². The van der Waals surface area contributed by atoms with Crippen molar-refractivity contribution in [1.82, 2.24) is 9.80 Å². The molecule has 1 aliphatic carbocycles. The first-order valence-corrected chi connectivity index (χ1v) is 11.2. The van der Waals surface area contributed by atoms with Crippen LogP contribution in [0.1, 0.15) is 59.3 Å². The Kier molecular flexibility index (Phi) is 7.72. The second-order valence-corrected chi connectivity index (χ2v) is 9.24. The van der Waals surface area contributed by atoms with Crippen LogP contribution in [0.4, 0.5) is 8.78 Å². The number of rotatable bonds is 6. The molecule has 6 heteroatoms. The number of hydrogen-bond acceptors (Lipinski definition) is 3. The fourth-order valence-electron chi connectivity index (χ4n) is 4.50. The molecule has 3 aliphatic rings. The van der Waals surface area contributed by atoms with E-state index in [0.717, 1.165) is 32.5 Å². The molecule has 1 amide bonds. The number of hydrogen-bond donors (Lipinski definition) is 0. The van der Waals surface area contributed by atoms with Crippen molar-refractivity contribution >= 4 is 5.91 Å². The minimum Gasteiger partial charge on any atom is -0.487 e. The van der Waals surface area contributed by atoms with E-state index in [-0.39, 0.29) is 30.1 Å². The first-order chi connectivity index (χ1) is 13.8. The maximum Gasteiger partial charge on any atom is 0.225 e. The number of halogens is 2. The van der Waals surface area contributed by atoms with E-state index in [4.69, 9.17) is 4.74 Å². The fraction of sp³-hybridized carbons (Fsp3) is 0.783. The van der Waals surface area contributed by atoms with Crippen LogP contribution in [0.25, 0.3) is 0 Å². The van der Waals surface area contributed by atoms with Crippen molar-refractivity contribution in [3.8, 4) is 0 Å². The highest BCUT2D eigenvalue weighted by molar-refractivity contribution is 5.79. The van der Waals surface area contributed by atoms with Gasteiger partial charge in [-0.15, -0.1) is 0 Å². The molecule has 0 radical (unpaired) electrons. The van der Waals surface area contributed by atoms with Crippen LogP contribution < -0.4 is 0 Å². The van der Waals surface area contributed by atoms with Crippen LogP contribution in [-0.4, -0.2) is 60.7 Å². The summed E-state index contributed by atoms with van der Waals surface area (Å²) >= 11 is 0. The third-order valence-electron chi connectivity index (χ3n) is 6.41. The molecule has 4 nitrogen and oxygen atoms in total. The Bertz CT molecular complexity index is 631. The molecule has 164 valence electrons. The molecule has 2 heterocycles. The van der Waals surface area contributed by atoms with E-state index in [0.29, 0.717) is 37.4 Å². The average molecular weight is 411 g/mol. The van der Waals surface area contributed by atoms with Crippen LogP contribution in [0.15, 0.2) is 23.2 Å². The van der Waals surface area contributed by atoms with Crippen LogP contribution in [0, 0.1) is 11.8 Å². The third-order valence-corrected chi connectivity index (χ3v) is 6.41. The Hall–Kier alpha value is -1.43. The van der Waals surface area contributed by atoms with Gasteiger partial charge in [-0.2, -0.15) is 0 Å². The Morgan fingerprint density at radius 2 is 1.83 bits per heavy atom. The molecule has 0 N–H and O–H groups in total. The van der Waals surface area contributed by atoms with Crippen LogP contribution in [-0.2, 0) is 9.53 Å². The number of likely N-dealkylation sites (tertiary alicyclic amines) is 2. The average Bonchev–Trinajstić information content (AvgIpc) is 2.69.